The monoisotopic (exact) mass is 503 g/mol. The van der Waals surface area contributed by atoms with Gasteiger partial charge in [-0.3, -0.25) is 9.36 Å². The number of hydrogen-bond acceptors (Lipinski definition) is 7. The maximum Gasteiger partial charge on any atom is 0.266 e. The first-order valence-corrected chi connectivity index (χ1v) is 12.3. The molecule has 9 nitrogen and oxygen atoms in total. The summed E-state index contributed by atoms with van der Waals surface area (Å²) < 4.78 is 7.83. The molecule has 0 radical (unpaired) electrons. The predicted octanol–water partition coefficient (Wildman–Crippen LogP) is 4.73. The van der Waals surface area contributed by atoms with Crippen LogP contribution < -0.4 is 10.9 Å². The van der Waals surface area contributed by atoms with Crippen LogP contribution in [0.2, 0.25) is 0 Å². The van der Waals surface area contributed by atoms with E-state index in [9.17, 15) is 4.79 Å². The third kappa shape index (κ3) is 4.51. The number of ether oxygens (including phenoxy) is 1. The largest absolute Gasteiger partial charge is 0.374 e. The lowest BCUT2D eigenvalue weighted by Crippen LogP contribution is -2.31. The van der Waals surface area contributed by atoms with E-state index >= 15 is 0 Å². The first kappa shape index (κ1) is 23.5. The molecule has 188 valence electrons. The normalized spacial score (nSPS) is 12.1. The fraction of sp³-hybridized carbons (Fsp3) is 0.138. The second kappa shape index (κ2) is 10.2. The molecule has 1 atom stereocenters. The quantitative estimate of drug-likeness (QED) is 0.309. The average Bonchev–Trinajstić information content (AvgIpc) is 3.43. The minimum absolute atomic E-state index is 0.142. The standard InChI is InChI=1S/C29H25N7O2/c1-19-9-8-14-22-24(19)29(37)36(21-12-6-3-7-13-21)28(35-22)23(16-38-15-20-10-4-2-5-11-20)34-27-25-26(31-17-30-25)32-18-33-27/h2-14,17-18,23H,15-16H2,1H3,(H2,30,31,32,33,34). The first-order chi connectivity index (χ1) is 18.7. The summed E-state index contributed by atoms with van der Waals surface area (Å²) in [6, 6.07) is 24.6. The highest BCUT2D eigenvalue weighted by Crippen LogP contribution is 2.25. The number of H-pyrrole nitrogens is 1. The Morgan fingerprint density at radius 2 is 1.74 bits per heavy atom. The van der Waals surface area contributed by atoms with Crippen LogP contribution >= 0.6 is 0 Å². The van der Waals surface area contributed by atoms with Crippen molar-refractivity contribution in [2.24, 2.45) is 0 Å². The van der Waals surface area contributed by atoms with E-state index in [2.05, 4.69) is 25.3 Å². The Labute approximate surface area is 218 Å². The number of hydrogen-bond donors (Lipinski definition) is 2. The number of benzene rings is 3. The third-order valence-corrected chi connectivity index (χ3v) is 6.38. The number of rotatable bonds is 8. The molecule has 3 heterocycles. The Hall–Kier alpha value is -4.89. The summed E-state index contributed by atoms with van der Waals surface area (Å²) in [5, 5.41) is 4.03. The summed E-state index contributed by atoms with van der Waals surface area (Å²) in [6.07, 6.45) is 3.04. The highest BCUT2D eigenvalue weighted by atomic mass is 16.5. The van der Waals surface area contributed by atoms with Crippen LogP contribution in [0, 0.1) is 6.92 Å². The number of para-hydroxylation sites is 1. The van der Waals surface area contributed by atoms with Crippen molar-refractivity contribution in [3.63, 3.8) is 0 Å². The summed E-state index contributed by atoms with van der Waals surface area (Å²) in [5.41, 5.74) is 4.31. The van der Waals surface area contributed by atoms with Crippen molar-refractivity contribution >= 4 is 27.9 Å². The Morgan fingerprint density at radius 3 is 2.55 bits per heavy atom. The van der Waals surface area contributed by atoms with Gasteiger partial charge in [0.1, 0.15) is 23.7 Å². The van der Waals surface area contributed by atoms with Gasteiger partial charge in [-0.15, -0.1) is 0 Å². The number of nitrogens with one attached hydrogen (secondary N) is 2. The van der Waals surface area contributed by atoms with Crippen molar-refractivity contribution in [3.8, 4) is 5.69 Å². The Morgan fingerprint density at radius 1 is 0.947 bits per heavy atom. The smallest absolute Gasteiger partial charge is 0.266 e. The Bertz CT molecular complexity index is 1770. The van der Waals surface area contributed by atoms with Gasteiger partial charge in [-0.05, 0) is 36.2 Å². The fourth-order valence-corrected chi connectivity index (χ4v) is 4.56. The maximum absolute atomic E-state index is 14.0. The van der Waals surface area contributed by atoms with Crippen LogP contribution in [0.1, 0.15) is 23.0 Å². The lowest BCUT2D eigenvalue weighted by atomic mass is 10.1. The zero-order valence-electron chi connectivity index (χ0n) is 20.7. The predicted molar refractivity (Wildman–Crippen MR) is 146 cm³/mol. The number of nitrogens with zero attached hydrogens (tertiary/aromatic N) is 5. The van der Waals surface area contributed by atoms with E-state index in [4.69, 9.17) is 9.72 Å². The number of anilines is 1. The van der Waals surface area contributed by atoms with E-state index in [1.165, 1.54) is 6.33 Å². The van der Waals surface area contributed by atoms with Gasteiger partial charge in [-0.1, -0.05) is 60.7 Å². The third-order valence-electron chi connectivity index (χ3n) is 6.38. The molecule has 9 heteroatoms. The summed E-state index contributed by atoms with van der Waals surface area (Å²) in [5.74, 6) is 1.03. The van der Waals surface area contributed by atoms with Crippen LogP contribution in [0.3, 0.4) is 0 Å². The van der Waals surface area contributed by atoms with Crippen molar-refractivity contribution < 1.29 is 4.74 Å². The molecular formula is C29H25N7O2. The number of fused-ring (bicyclic) bond motifs is 2. The van der Waals surface area contributed by atoms with Gasteiger partial charge in [-0.2, -0.15) is 0 Å². The molecule has 0 spiro atoms. The van der Waals surface area contributed by atoms with E-state index in [1.54, 1.807) is 10.9 Å². The van der Waals surface area contributed by atoms with Gasteiger partial charge in [0.25, 0.3) is 5.56 Å². The number of aromatic amines is 1. The van der Waals surface area contributed by atoms with Gasteiger partial charge in [0.2, 0.25) is 0 Å². The minimum atomic E-state index is -0.536. The molecule has 0 saturated carbocycles. The second-order valence-corrected chi connectivity index (χ2v) is 8.93. The lowest BCUT2D eigenvalue weighted by Gasteiger charge is -2.23. The Balaban J connectivity index is 1.49. The van der Waals surface area contributed by atoms with E-state index in [0.29, 0.717) is 46.0 Å². The van der Waals surface area contributed by atoms with E-state index in [-0.39, 0.29) is 12.2 Å². The van der Waals surface area contributed by atoms with E-state index in [0.717, 1.165) is 11.1 Å². The summed E-state index contributed by atoms with van der Waals surface area (Å²) in [7, 11) is 0. The maximum atomic E-state index is 14.0. The topological polar surface area (TPSA) is 111 Å². The SMILES string of the molecule is Cc1cccc2nc(C(COCc3ccccc3)Nc3ncnc4[nH]cnc34)n(-c3ccccc3)c(=O)c12. The summed E-state index contributed by atoms with van der Waals surface area (Å²) >= 11 is 0. The van der Waals surface area contributed by atoms with Gasteiger partial charge in [0.15, 0.2) is 11.5 Å². The molecule has 6 aromatic rings. The van der Waals surface area contributed by atoms with Crippen LogP contribution in [-0.2, 0) is 11.3 Å². The van der Waals surface area contributed by atoms with Crippen molar-refractivity contribution in [1.82, 2.24) is 29.5 Å². The Kier molecular flexibility index (Phi) is 6.33. The molecule has 6 rings (SSSR count). The fourth-order valence-electron chi connectivity index (χ4n) is 4.56. The van der Waals surface area contributed by atoms with Gasteiger partial charge >= 0.3 is 0 Å². The van der Waals surface area contributed by atoms with Crippen molar-refractivity contribution in [3.05, 3.63) is 119 Å². The summed E-state index contributed by atoms with van der Waals surface area (Å²) in [6.45, 7) is 2.55. The van der Waals surface area contributed by atoms with Crippen molar-refractivity contribution in [1.29, 1.82) is 0 Å². The molecule has 0 saturated heterocycles. The minimum Gasteiger partial charge on any atom is -0.374 e. The highest BCUT2D eigenvalue weighted by Gasteiger charge is 2.24. The van der Waals surface area contributed by atoms with Gasteiger partial charge < -0.3 is 15.0 Å². The zero-order valence-corrected chi connectivity index (χ0v) is 20.7. The molecule has 0 aliphatic rings. The highest BCUT2D eigenvalue weighted by molar-refractivity contribution is 5.83. The van der Waals surface area contributed by atoms with Crippen molar-refractivity contribution in [2.45, 2.75) is 19.6 Å². The van der Waals surface area contributed by atoms with Crippen LogP contribution in [0.5, 0.6) is 0 Å². The zero-order chi connectivity index (χ0) is 25.9. The molecule has 0 bridgehead atoms. The van der Waals surface area contributed by atoms with Crippen LogP contribution in [0.15, 0.2) is 96.3 Å². The van der Waals surface area contributed by atoms with Crippen LogP contribution in [0.4, 0.5) is 5.82 Å². The number of imidazole rings is 1. The molecular weight excluding hydrogens is 478 g/mol. The number of aryl methyl sites for hydroxylation is 1. The number of aromatic nitrogens is 6. The lowest BCUT2D eigenvalue weighted by molar-refractivity contribution is 0.110. The molecule has 0 fully saturated rings. The summed E-state index contributed by atoms with van der Waals surface area (Å²) in [4.78, 5) is 35.1. The van der Waals surface area contributed by atoms with Gasteiger partial charge in [0.05, 0.1) is 36.1 Å². The molecule has 2 N–H and O–H groups in total. The van der Waals surface area contributed by atoms with Crippen molar-refractivity contribution in [2.75, 3.05) is 11.9 Å². The van der Waals surface area contributed by atoms with Crippen LogP contribution in [-0.4, -0.2) is 36.1 Å². The molecule has 0 aliphatic heterocycles. The van der Waals surface area contributed by atoms with Gasteiger partial charge in [0, 0.05) is 0 Å². The average molecular weight is 504 g/mol. The van der Waals surface area contributed by atoms with Gasteiger partial charge in [-0.25, -0.2) is 19.9 Å². The molecule has 3 aromatic heterocycles. The van der Waals surface area contributed by atoms with Crippen LogP contribution in [0.25, 0.3) is 27.8 Å². The van der Waals surface area contributed by atoms with E-state index in [1.807, 2.05) is 85.8 Å². The molecule has 1 unspecified atom stereocenters. The molecule has 38 heavy (non-hydrogen) atoms. The first-order valence-electron chi connectivity index (χ1n) is 12.3. The second-order valence-electron chi connectivity index (χ2n) is 8.93. The molecule has 0 amide bonds. The molecule has 0 aliphatic carbocycles. The molecule has 3 aromatic carbocycles. The van der Waals surface area contributed by atoms with E-state index < -0.39 is 6.04 Å².